The van der Waals surface area contributed by atoms with E-state index in [0.29, 0.717) is 48.8 Å². The van der Waals surface area contributed by atoms with Crippen LogP contribution in [0.1, 0.15) is 38.7 Å². The van der Waals surface area contributed by atoms with E-state index in [1.165, 1.54) is 0 Å². The molecule has 2 aromatic rings. The second-order valence-corrected chi connectivity index (χ2v) is 9.23. The van der Waals surface area contributed by atoms with Gasteiger partial charge in [-0.15, -0.1) is 0 Å². The lowest BCUT2D eigenvalue weighted by Crippen LogP contribution is -2.63. The van der Waals surface area contributed by atoms with Crippen LogP contribution in [0.2, 0.25) is 5.02 Å². The number of para-hydroxylation sites is 1. The van der Waals surface area contributed by atoms with Crippen LogP contribution in [0.15, 0.2) is 47.5 Å². The van der Waals surface area contributed by atoms with Gasteiger partial charge in [-0.2, -0.15) is 0 Å². The van der Waals surface area contributed by atoms with Crippen LogP contribution in [-0.4, -0.2) is 60.6 Å². The zero-order valence-electron chi connectivity index (χ0n) is 19.8. The topological polar surface area (TPSA) is 86.2 Å². The molecular formula is C26H33ClN4O3. The molecule has 2 aliphatic rings. The van der Waals surface area contributed by atoms with E-state index in [1.807, 2.05) is 36.4 Å². The molecule has 1 fully saturated rings. The molecule has 8 heteroatoms. The van der Waals surface area contributed by atoms with Gasteiger partial charge in [0.05, 0.1) is 11.0 Å². The number of nitrogens with zero attached hydrogens (tertiary/aromatic N) is 2. The lowest BCUT2D eigenvalue weighted by atomic mass is 9.73. The summed E-state index contributed by atoms with van der Waals surface area (Å²) in [6.45, 7) is 6.81. The average Bonchev–Trinajstić information content (AvgIpc) is 3.02. The SMILES string of the molecule is CCC(CC)(C(=O)NCCCO)C1CN(C2=Nc3cc(Cl)ccc3Oc3ccccc32)CCN1. The number of rotatable bonds is 7. The number of nitrogens with one attached hydrogen (secondary N) is 2. The van der Waals surface area contributed by atoms with Crippen LogP contribution in [0.3, 0.4) is 0 Å². The van der Waals surface area contributed by atoms with Crippen molar-refractivity contribution < 1.29 is 14.6 Å². The van der Waals surface area contributed by atoms with Gasteiger partial charge in [-0.05, 0) is 49.6 Å². The van der Waals surface area contributed by atoms with Crippen molar-refractivity contribution in [2.45, 2.75) is 39.2 Å². The van der Waals surface area contributed by atoms with E-state index in [2.05, 4.69) is 29.4 Å². The third kappa shape index (κ3) is 4.78. The van der Waals surface area contributed by atoms with Crippen molar-refractivity contribution in [2.24, 2.45) is 10.4 Å². The number of aliphatic hydroxyl groups excluding tert-OH is 1. The Kier molecular flexibility index (Phi) is 7.76. The van der Waals surface area contributed by atoms with Crippen LogP contribution in [-0.2, 0) is 4.79 Å². The summed E-state index contributed by atoms with van der Waals surface area (Å²) in [6, 6.07) is 13.3. The summed E-state index contributed by atoms with van der Waals surface area (Å²) >= 11 is 6.27. The van der Waals surface area contributed by atoms with E-state index >= 15 is 0 Å². The summed E-state index contributed by atoms with van der Waals surface area (Å²) in [6.07, 6.45) is 1.98. The fraction of sp³-hybridized carbons (Fsp3) is 0.462. The number of halogens is 1. The number of fused-ring (bicyclic) bond motifs is 2. The molecule has 2 aliphatic heterocycles. The van der Waals surface area contributed by atoms with Gasteiger partial charge in [-0.25, -0.2) is 4.99 Å². The molecule has 1 atom stereocenters. The van der Waals surface area contributed by atoms with E-state index in [0.717, 1.165) is 30.2 Å². The van der Waals surface area contributed by atoms with Gasteiger partial charge in [0.25, 0.3) is 0 Å². The van der Waals surface area contributed by atoms with Crippen LogP contribution in [0.4, 0.5) is 5.69 Å². The van der Waals surface area contributed by atoms with E-state index in [1.54, 1.807) is 6.07 Å². The smallest absolute Gasteiger partial charge is 0.227 e. The van der Waals surface area contributed by atoms with E-state index in [-0.39, 0.29) is 18.6 Å². The van der Waals surface area contributed by atoms with Crippen molar-refractivity contribution in [1.82, 2.24) is 15.5 Å². The Labute approximate surface area is 206 Å². The number of piperazine rings is 1. The molecule has 0 radical (unpaired) electrons. The number of benzene rings is 2. The highest BCUT2D eigenvalue weighted by Crippen LogP contribution is 2.40. The second-order valence-electron chi connectivity index (χ2n) is 8.79. The summed E-state index contributed by atoms with van der Waals surface area (Å²) in [7, 11) is 0. The van der Waals surface area contributed by atoms with Crippen molar-refractivity contribution in [3.8, 4) is 11.5 Å². The van der Waals surface area contributed by atoms with Crippen molar-refractivity contribution >= 4 is 29.0 Å². The minimum atomic E-state index is -0.559. The number of hydrogen-bond donors (Lipinski definition) is 3. The first-order valence-corrected chi connectivity index (χ1v) is 12.4. The quantitative estimate of drug-likeness (QED) is 0.515. The van der Waals surface area contributed by atoms with Crippen LogP contribution >= 0.6 is 11.6 Å². The number of amidine groups is 1. The van der Waals surface area contributed by atoms with Gasteiger partial charge >= 0.3 is 0 Å². The lowest BCUT2D eigenvalue weighted by Gasteiger charge is -2.45. The molecule has 2 heterocycles. The van der Waals surface area contributed by atoms with Crippen LogP contribution in [0, 0.1) is 5.41 Å². The standard InChI is InChI=1S/C26H33ClN4O3/c1-3-26(4-2,25(33)29-12-7-15-32)23-17-31(14-13-28-23)24-19-8-5-6-9-21(19)34-22-11-10-18(27)16-20(22)30-24/h5-6,8-11,16,23,28,32H,3-4,7,12-15,17H2,1-2H3,(H,29,33). The molecule has 0 saturated carbocycles. The molecule has 182 valence electrons. The largest absolute Gasteiger partial charge is 0.454 e. The van der Waals surface area contributed by atoms with Gasteiger partial charge in [0.2, 0.25) is 5.91 Å². The summed E-state index contributed by atoms with van der Waals surface area (Å²) < 4.78 is 6.21. The molecule has 4 rings (SSSR count). The highest BCUT2D eigenvalue weighted by Gasteiger charge is 2.45. The van der Waals surface area contributed by atoms with Crippen LogP contribution in [0.5, 0.6) is 11.5 Å². The number of amides is 1. The maximum Gasteiger partial charge on any atom is 0.227 e. The number of aliphatic hydroxyl groups is 1. The Hall–Kier alpha value is -2.61. The van der Waals surface area contributed by atoms with E-state index in [9.17, 15) is 4.79 Å². The molecule has 1 saturated heterocycles. The van der Waals surface area contributed by atoms with Gasteiger partial charge in [0.1, 0.15) is 17.3 Å². The first-order chi connectivity index (χ1) is 16.5. The van der Waals surface area contributed by atoms with Gasteiger partial charge < -0.3 is 25.4 Å². The highest BCUT2D eigenvalue weighted by molar-refractivity contribution is 6.31. The molecule has 1 amide bonds. The normalized spacial score (nSPS) is 17.7. The Morgan fingerprint density at radius 3 is 2.82 bits per heavy atom. The monoisotopic (exact) mass is 484 g/mol. The molecule has 1 unspecified atom stereocenters. The Bertz CT molecular complexity index is 1050. The molecule has 0 spiro atoms. The van der Waals surface area contributed by atoms with E-state index in [4.69, 9.17) is 26.4 Å². The summed E-state index contributed by atoms with van der Waals surface area (Å²) in [5.41, 5.74) is 1.05. The van der Waals surface area contributed by atoms with Crippen LogP contribution in [0.25, 0.3) is 0 Å². The molecular weight excluding hydrogens is 452 g/mol. The van der Waals surface area contributed by atoms with Crippen LogP contribution < -0.4 is 15.4 Å². The fourth-order valence-electron chi connectivity index (χ4n) is 4.93. The highest BCUT2D eigenvalue weighted by atomic mass is 35.5. The number of hydrogen-bond acceptors (Lipinski definition) is 6. The Morgan fingerprint density at radius 2 is 2.06 bits per heavy atom. The zero-order valence-corrected chi connectivity index (χ0v) is 20.6. The van der Waals surface area contributed by atoms with Crippen molar-refractivity contribution in [3.05, 3.63) is 53.1 Å². The zero-order chi connectivity index (χ0) is 24.1. The predicted octanol–water partition coefficient (Wildman–Crippen LogP) is 4.10. The second kappa shape index (κ2) is 10.8. The van der Waals surface area contributed by atoms with Gasteiger partial charge in [-0.1, -0.05) is 37.6 Å². The third-order valence-electron chi connectivity index (χ3n) is 6.97. The molecule has 3 N–H and O–H groups in total. The molecule has 0 aliphatic carbocycles. The van der Waals surface area contributed by atoms with Crippen molar-refractivity contribution in [1.29, 1.82) is 0 Å². The first-order valence-electron chi connectivity index (χ1n) is 12.1. The average molecular weight is 485 g/mol. The van der Waals surface area contributed by atoms with Crippen molar-refractivity contribution in [3.63, 3.8) is 0 Å². The summed E-state index contributed by atoms with van der Waals surface area (Å²) in [5, 5.41) is 16.4. The van der Waals surface area contributed by atoms with Gasteiger partial charge in [0, 0.05) is 43.9 Å². The molecule has 34 heavy (non-hydrogen) atoms. The maximum atomic E-state index is 13.3. The number of carbonyl (C=O) groups excluding carboxylic acids is 1. The first kappa shape index (κ1) is 24.5. The van der Waals surface area contributed by atoms with Gasteiger partial charge in [0.15, 0.2) is 5.75 Å². The van der Waals surface area contributed by atoms with E-state index < -0.39 is 5.41 Å². The summed E-state index contributed by atoms with van der Waals surface area (Å²) in [4.78, 5) is 20.6. The molecule has 2 aromatic carbocycles. The third-order valence-corrected chi connectivity index (χ3v) is 7.21. The molecule has 0 aromatic heterocycles. The number of ether oxygens (including phenoxy) is 1. The van der Waals surface area contributed by atoms with Crippen molar-refractivity contribution in [2.75, 3.05) is 32.8 Å². The predicted molar refractivity (Wildman–Crippen MR) is 135 cm³/mol. The molecule has 7 nitrogen and oxygen atoms in total. The van der Waals surface area contributed by atoms with Gasteiger partial charge in [-0.3, -0.25) is 4.79 Å². The Morgan fingerprint density at radius 1 is 1.26 bits per heavy atom. The fourth-order valence-corrected chi connectivity index (χ4v) is 5.10. The minimum Gasteiger partial charge on any atom is -0.454 e. The summed E-state index contributed by atoms with van der Waals surface area (Å²) in [5.74, 6) is 2.27. The molecule has 0 bridgehead atoms. The number of carbonyl (C=O) groups is 1. The maximum absolute atomic E-state index is 13.3. The number of aliphatic imine (C=N–C) groups is 1. The Balaban J connectivity index is 1.68. The minimum absolute atomic E-state index is 0.0361. The lowest BCUT2D eigenvalue weighted by molar-refractivity contribution is -0.134.